The summed E-state index contributed by atoms with van der Waals surface area (Å²) < 4.78 is 1.68. The van der Waals surface area contributed by atoms with Gasteiger partial charge in [-0.3, -0.25) is 0 Å². The van der Waals surface area contributed by atoms with Gasteiger partial charge in [0.25, 0.3) is 0 Å². The van der Waals surface area contributed by atoms with Gasteiger partial charge in [-0.05, 0) is 30.7 Å². The molecule has 0 saturated carbocycles. The number of halogens is 1. The van der Waals surface area contributed by atoms with Crippen molar-refractivity contribution in [1.29, 1.82) is 0 Å². The molecule has 21 heavy (non-hydrogen) atoms. The molecule has 112 valence electrons. The van der Waals surface area contributed by atoms with Crippen LogP contribution < -0.4 is 10.6 Å². The zero-order valence-corrected chi connectivity index (χ0v) is 12.7. The zero-order valence-electron chi connectivity index (χ0n) is 12.0. The lowest BCUT2D eigenvalue weighted by molar-refractivity contribution is 0.252. The molecule has 1 aromatic carbocycles. The van der Waals surface area contributed by atoms with E-state index in [2.05, 4.69) is 22.7 Å². The van der Waals surface area contributed by atoms with Gasteiger partial charge in [-0.2, -0.15) is 5.10 Å². The molecule has 2 N–H and O–H groups in total. The van der Waals surface area contributed by atoms with Crippen molar-refractivity contribution in [3.8, 4) is 5.69 Å². The van der Waals surface area contributed by atoms with Gasteiger partial charge in [0, 0.05) is 24.6 Å². The van der Waals surface area contributed by atoms with E-state index >= 15 is 0 Å². The first kappa shape index (κ1) is 15.4. The molecule has 0 aliphatic carbocycles. The standard InChI is InChI=1S/C15H19ClN4O/c1-2-3-4-8-17-15(21)19-12-6-7-14(13(16)11-12)20-10-5-9-18-20/h5-7,9-11H,2-4,8H2,1H3,(H2,17,19,21). The van der Waals surface area contributed by atoms with Crippen molar-refractivity contribution in [2.24, 2.45) is 0 Å². The first-order chi connectivity index (χ1) is 10.2. The van der Waals surface area contributed by atoms with Crippen molar-refractivity contribution in [2.75, 3.05) is 11.9 Å². The Hall–Kier alpha value is -2.01. The van der Waals surface area contributed by atoms with Crippen molar-refractivity contribution in [2.45, 2.75) is 26.2 Å². The third kappa shape index (κ3) is 4.49. The van der Waals surface area contributed by atoms with Crippen molar-refractivity contribution in [3.05, 3.63) is 41.7 Å². The Kier molecular flexibility index (Phi) is 5.63. The minimum atomic E-state index is -0.214. The molecule has 0 fully saturated rings. The Labute approximate surface area is 129 Å². The lowest BCUT2D eigenvalue weighted by Gasteiger charge is -2.10. The maximum Gasteiger partial charge on any atom is 0.319 e. The van der Waals surface area contributed by atoms with E-state index < -0.39 is 0 Å². The van der Waals surface area contributed by atoms with Crippen LogP contribution in [0.25, 0.3) is 5.69 Å². The predicted octanol–water partition coefficient (Wildman–Crippen LogP) is 3.84. The van der Waals surface area contributed by atoms with E-state index in [-0.39, 0.29) is 6.03 Å². The number of unbranched alkanes of at least 4 members (excludes halogenated alkanes) is 2. The van der Waals surface area contributed by atoms with Crippen molar-refractivity contribution in [3.63, 3.8) is 0 Å². The molecule has 0 unspecified atom stereocenters. The number of carbonyl (C=O) groups excluding carboxylic acids is 1. The number of amides is 2. The highest BCUT2D eigenvalue weighted by Gasteiger charge is 2.06. The van der Waals surface area contributed by atoms with Gasteiger partial charge < -0.3 is 10.6 Å². The highest BCUT2D eigenvalue weighted by molar-refractivity contribution is 6.32. The Morgan fingerprint density at radius 2 is 2.24 bits per heavy atom. The number of benzene rings is 1. The van der Waals surface area contributed by atoms with Gasteiger partial charge in [0.05, 0.1) is 10.7 Å². The van der Waals surface area contributed by atoms with Gasteiger partial charge in [-0.15, -0.1) is 0 Å². The third-order valence-corrected chi connectivity index (χ3v) is 3.33. The number of anilines is 1. The van der Waals surface area contributed by atoms with Gasteiger partial charge in [0.2, 0.25) is 0 Å². The Morgan fingerprint density at radius 3 is 2.90 bits per heavy atom. The van der Waals surface area contributed by atoms with Gasteiger partial charge >= 0.3 is 6.03 Å². The van der Waals surface area contributed by atoms with Gasteiger partial charge in [0.1, 0.15) is 0 Å². The summed E-state index contributed by atoms with van der Waals surface area (Å²) in [5, 5.41) is 10.2. The fourth-order valence-corrected chi connectivity index (χ4v) is 2.20. The maximum absolute atomic E-state index is 11.7. The molecule has 0 spiro atoms. The molecule has 0 bridgehead atoms. The lowest BCUT2D eigenvalue weighted by atomic mass is 10.2. The monoisotopic (exact) mass is 306 g/mol. The van der Waals surface area contributed by atoms with Gasteiger partial charge in [0.15, 0.2) is 0 Å². The molecule has 6 heteroatoms. The summed E-state index contributed by atoms with van der Waals surface area (Å²) in [6, 6.07) is 6.95. The van der Waals surface area contributed by atoms with E-state index in [4.69, 9.17) is 11.6 Å². The van der Waals surface area contributed by atoms with Crippen LogP contribution in [-0.2, 0) is 0 Å². The minimum Gasteiger partial charge on any atom is -0.338 e. The van der Waals surface area contributed by atoms with Crippen LogP contribution in [-0.4, -0.2) is 22.4 Å². The number of hydrogen-bond acceptors (Lipinski definition) is 2. The summed E-state index contributed by atoms with van der Waals surface area (Å²) in [4.78, 5) is 11.7. The van der Waals surface area contributed by atoms with Crippen molar-refractivity contribution in [1.82, 2.24) is 15.1 Å². The number of nitrogens with one attached hydrogen (secondary N) is 2. The Balaban J connectivity index is 1.93. The number of nitrogens with zero attached hydrogens (tertiary/aromatic N) is 2. The molecule has 1 heterocycles. The largest absolute Gasteiger partial charge is 0.338 e. The molecule has 0 aliphatic heterocycles. The van der Waals surface area contributed by atoms with Crippen LogP contribution in [0.5, 0.6) is 0 Å². The van der Waals surface area contributed by atoms with Gasteiger partial charge in [-0.25, -0.2) is 9.48 Å². The van der Waals surface area contributed by atoms with Crippen LogP contribution >= 0.6 is 11.6 Å². The van der Waals surface area contributed by atoms with Crippen molar-refractivity contribution >= 4 is 23.3 Å². The topological polar surface area (TPSA) is 59.0 Å². The average Bonchev–Trinajstić information content (AvgIpc) is 2.98. The fraction of sp³-hybridized carbons (Fsp3) is 0.333. The van der Waals surface area contributed by atoms with E-state index in [1.54, 1.807) is 23.0 Å². The molecular formula is C15H19ClN4O. The second-order valence-electron chi connectivity index (χ2n) is 4.70. The molecule has 2 amide bonds. The first-order valence-electron chi connectivity index (χ1n) is 7.05. The summed E-state index contributed by atoms with van der Waals surface area (Å²) in [5.74, 6) is 0. The summed E-state index contributed by atoms with van der Waals surface area (Å²) >= 11 is 6.22. The molecule has 2 rings (SSSR count). The molecule has 0 saturated heterocycles. The molecule has 0 atom stereocenters. The molecule has 5 nitrogen and oxygen atoms in total. The summed E-state index contributed by atoms with van der Waals surface area (Å²) in [7, 11) is 0. The molecule has 1 aromatic heterocycles. The van der Waals surface area contributed by atoms with E-state index in [0.717, 1.165) is 24.9 Å². The number of aromatic nitrogens is 2. The Morgan fingerprint density at radius 1 is 1.38 bits per heavy atom. The van der Waals surface area contributed by atoms with Crippen LogP contribution in [0.4, 0.5) is 10.5 Å². The van der Waals surface area contributed by atoms with Crippen LogP contribution in [0.3, 0.4) is 0 Å². The van der Waals surface area contributed by atoms with E-state index in [1.807, 2.05) is 18.3 Å². The highest BCUT2D eigenvalue weighted by atomic mass is 35.5. The first-order valence-corrected chi connectivity index (χ1v) is 7.43. The van der Waals surface area contributed by atoms with Gasteiger partial charge in [-0.1, -0.05) is 31.4 Å². The maximum atomic E-state index is 11.7. The predicted molar refractivity (Wildman–Crippen MR) is 85.1 cm³/mol. The van der Waals surface area contributed by atoms with Crippen LogP contribution in [0, 0.1) is 0 Å². The number of rotatable bonds is 6. The number of hydrogen-bond donors (Lipinski definition) is 2. The van der Waals surface area contributed by atoms with Crippen molar-refractivity contribution < 1.29 is 4.79 Å². The molecular weight excluding hydrogens is 288 g/mol. The summed E-state index contributed by atoms with van der Waals surface area (Å²) in [6.45, 7) is 2.81. The number of urea groups is 1. The molecule has 2 aromatic rings. The summed E-state index contributed by atoms with van der Waals surface area (Å²) in [6.07, 6.45) is 6.74. The summed E-state index contributed by atoms with van der Waals surface area (Å²) in [5.41, 5.74) is 1.43. The smallest absolute Gasteiger partial charge is 0.319 e. The quantitative estimate of drug-likeness (QED) is 0.797. The zero-order chi connectivity index (χ0) is 15.1. The van der Waals surface area contributed by atoms with Crippen LogP contribution in [0.2, 0.25) is 5.02 Å². The molecule has 0 aliphatic rings. The second kappa shape index (κ2) is 7.69. The SMILES string of the molecule is CCCCCNC(=O)Nc1ccc(-n2cccn2)c(Cl)c1. The Bertz CT molecular complexity index is 583. The van der Waals surface area contributed by atoms with E-state index in [1.165, 1.54) is 0 Å². The fourth-order valence-electron chi connectivity index (χ4n) is 1.93. The normalized spacial score (nSPS) is 10.4. The molecule has 0 radical (unpaired) electrons. The van der Waals surface area contributed by atoms with Crippen LogP contribution in [0.15, 0.2) is 36.7 Å². The third-order valence-electron chi connectivity index (χ3n) is 3.02. The second-order valence-corrected chi connectivity index (χ2v) is 5.11. The minimum absolute atomic E-state index is 0.214. The lowest BCUT2D eigenvalue weighted by Crippen LogP contribution is -2.29. The van der Waals surface area contributed by atoms with Crippen LogP contribution in [0.1, 0.15) is 26.2 Å². The van der Waals surface area contributed by atoms with E-state index in [0.29, 0.717) is 17.3 Å². The highest BCUT2D eigenvalue weighted by Crippen LogP contribution is 2.23. The number of carbonyl (C=O) groups is 1. The average molecular weight is 307 g/mol. The van der Waals surface area contributed by atoms with E-state index in [9.17, 15) is 4.79 Å².